The highest BCUT2D eigenvalue weighted by Gasteiger charge is 2.29. The van der Waals surface area contributed by atoms with Crippen molar-refractivity contribution >= 4 is 40.7 Å². The molecule has 0 aromatic heterocycles. The zero-order valence-electron chi connectivity index (χ0n) is 16.2. The van der Waals surface area contributed by atoms with Gasteiger partial charge >= 0.3 is 0 Å². The number of methoxy groups -OCH3 is 1. The van der Waals surface area contributed by atoms with E-state index in [2.05, 4.69) is 15.5 Å². The van der Waals surface area contributed by atoms with Crippen molar-refractivity contribution in [3.63, 3.8) is 0 Å². The number of nitrogens with one attached hydrogen (secondary N) is 2. The minimum Gasteiger partial charge on any atom is -0.383 e. The van der Waals surface area contributed by atoms with Crippen LogP contribution in [0.5, 0.6) is 0 Å². The lowest BCUT2D eigenvalue weighted by Gasteiger charge is -2.32. The number of hydrogen-bond acceptors (Lipinski definition) is 6. The van der Waals surface area contributed by atoms with Crippen molar-refractivity contribution in [1.82, 2.24) is 19.8 Å². The number of amides is 1. The summed E-state index contributed by atoms with van der Waals surface area (Å²) in [5, 5.41) is 5.72. The molecule has 11 heteroatoms. The number of likely N-dealkylation sites (N-methyl/N-ethyl adjacent to an activating group) is 1. The van der Waals surface area contributed by atoms with Crippen molar-refractivity contribution in [2.24, 2.45) is 0 Å². The minimum absolute atomic E-state index is 0. The third-order valence-corrected chi connectivity index (χ3v) is 6.30. The Balaban J connectivity index is 0.00000364. The molecule has 0 aliphatic carbocycles. The molecule has 1 heterocycles. The Labute approximate surface area is 179 Å². The maximum atomic E-state index is 13.0. The van der Waals surface area contributed by atoms with E-state index in [1.54, 1.807) is 31.4 Å². The monoisotopic (exact) mass is 456 g/mol. The first kappa shape index (κ1) is 27.1. The molecule has 1 aliphatic rings. The van der Waals surface area contributed by atoms with Crippen LogP contribution in [0.2, 0.25) is 0 Å². The predicted octanol–water partition coefficient (Wildman–Crippen LogP) is 0.319. The fraction of sp³-hybridized carbons (Fsp3) is 0.588. The molecule has 0 spiro atoms. The highest BCUT2D eigenvalue weighted by molar-refractivity contribution is 7.89. The van der Waals surface area contributed by atoms with Crippen LogP contribution in [-0.2, 0) is 26.1 Å². The Bertz CT molecular complexity index is 698. The number of carbonyl (C=O) groups excluding carboxylic acids is 1. The van der Waals surface area contributed by atoms with Crippen molar-refractivity contribution in [2.75, 3.05) is 60.0 Å². The van der Waals surface area contributed by atoms with Gasteiger partial charge in [-0.3, -0.25) is 4.79 Å². The van der Waals surface area contributed by atoms with Crippen LogP contribution >= 0.6 is 24.8 Å². The van der Waals surface area contributed by atoms with Crippen molar-refractivity contribution in [1.29, 1.82) is 0 Å². The first-order valence-corrected chi connectivity index (χ1v) is 10.1. The van der Waals surface area contributed by atoms with Crippen LogP contribution in [0.1, 0.15) is 5.56 Å². The zero-order valence-corrected chi connectivity index (χ0v) is 18.7. The summed E-state index contributed by atoms with van der Waals surface area (Å²) in [5.74, 6) is -0.187. The standard InChI is InChI=1S/C17H28N4O4S.2ClH/c1-20-8-10-21(11-9-20)26(23,24)16-6-4-3-5-15(16)13-19-17(22)14-18-7-12-25-2;;/h3-6,18H,7-14H2,1-2H3,(H,19,22);2*1H. The molecule has 0 radical (unpaired) electrons. The molecule has 1 aliphatic heterocycles. The van der Waals surface area contributed by atoms with Gasteiger partial charge in [-0.2, -0.15) is 4.31 Å². The van der Waals surface area contributed by atoms with Crippen molar-refractivity contribution in [2.45, 2.75) is 11.4 Å². The van der Waals surface area contributed by atoms with Crippen molar-refractivity contribution in [3.05, 3.63) is 29.8 Å². The van der Waals surface area contributed by atoms with E-state index >= 15 is 0 Å². The van der Waals surface area contributed by atoms with Crippen LogP contribution in [0.25, 0.3) is 0 Å². The van der Waals surface area contributed by atoms with E-state index in [9.17, 15) is 13.2 Å². The van der Waals surface area contributed by atoms with Gasteiger partial charge in [0.05, 0.1) is 18.0 Å². The summed E-state index contributed by atoms with van der Waals surface area (Å²) in [6, 6.07) is 6.83. The average molecular weight is 457 g/mol. The summed E-state index contributed by atoms with van der Waals surface area (Å²) in [7, 11) is 0.0119. The Kier molecular flexibility index (Phi) is 12.9. The maximum absolute atomic E-state index is 13.0. The van der Waals surface area contributed by atoms with Crippen LogP contribution < -0.4 is 10.6 Å². The lowest BCUT2D eigenvalue weighted by molar-refractivity contribution is -0.120. The molecule has 2 rings (SSSR count). The maximum Gasteiger partial charge on any atom is 0.243 e. The quantitative estimate of drug-likeness (QED) is 0.519. The number of halogens is 2. The van der Waals surface area contributed by atoms with Crippen LogP contribution in [-0.4, -0.2) is 83.6 Å². The predicted molar refractivity (Wildman–Crippen MR) is 114 cm³/mol. The van der Waals surface area contributed by atoms with E-state index in [0.29, 0.717) is 44.9 Å². The van der Waals surface area contributed by atoms with Gasteiger partial charge in [-0.15, -0.1) is 24.8 Å². The summed E-state index contributed by atoms with van der Waals surface area (Å²) in [6.07, 6.45) is 0. The minimum atomic E-state index is -3.57. The van der Waals surface area contributed by atoms with Crippen LogP contribution in [0, 0.1) is 0 Å². The number of nitrogens with zero attached hydrogens (tertiary/aromatic N) is 2. The number of ether oxygens (including phenoxy) is 1. The molecule has 0 unspecified atom stereocenters. The highest BCUT2D eigenvalue weighted by atomic mass is 35.5. The molecular formula is C17H30Cl2N4O4S. The first-order valence-electron chi connectivity index (χ1n) is 8.68. The van der Waals surface area contributed by atoms with Gasteiger partial charge in [0.25, 0.3) is 0 Å². The lowest BCUT2D eigenvalue weighted by Crippen LogP contribution is -2.47. The molecule has 162 valence electrons. The Morgan fingerprint density at radius 2 is 1.79 bits per heavy atom. The van der Waals surface area contributed by atoms with E-state index in [-0.39, 0.29) is 48.7 Å². The van der Waals surface area contributed by atoms with Crippen molar-refractivity contribution < 1.29 is 17.9 Å². The number of piperazine rings is 1. The molecule has 1 amide bonds. The van der Waals surface area contributed by atoms with Crippen molar-refractivity contribution in [3.8, 4) is 0 Å². The van der Waals surface area contributed by atoms with E-state index in [1.165, 1.54) is 4.31 Å². The summed E-state index contributed by atoms with van der Waals surface area (Å²) >= 11 is 0. The topological polar surface area (TPSA) is 91.0 Å². The van der Waals surface area contributed by atoms with Crippen LogP contribution in [0.3, 0.4) is 0 Å². The van der Waals surface area contributed by atoms with Gasteiger partial charge in [-0.25, -0.2) is 8.42 Å². The molecule has 0 bridgehead atoms. The fourth-order valence-electron chi connectivity index (χ4n) is 2.70. The van der Waals surface area contributed by atoms with Gasteiger partial charge in [0.2, 0.25) is 15.9 Å². The average Bonchev–Trinajstić information content (AvgIpc) is 2.64. The third kappa shape index (κ3) is 7.82. The molecule has 0 atom stereocenters. The SMILES string of the molecule is COCCNCC(=O)NCc1ccccc1S(=O)(=O)N1CCN(C)CC1.Cl.Cl. The Morgan fingerprint density at radius 3 is 2.43 bits per heavy atom. The normalized spacial score (nSPS) is 15.4. The summed E-state index contributed by atoms with van der Waals surface area (Å²) in [6.45, 7) is 3.82. The van der Waals surface area contributed by atoms with Gasteiger partial charge in [-0.05, 0) is 18.7 Å². The molecule has 8 nitrogen and oxygen atoms in total. The van der Waals surface area contributed by atoms with E-state index < -0.39 is 10.0 Å². The number of carbonyl (C=O) groups is 1. The Morgan fingerprint density at radius 1 is 1.14 bits per heavy atom. The summed E-state index contributed by atoms with van der Waals surface area (Å²) < 4.78 is 32.4. The highest BCUT2D eigenvalue weighted by Crippen LogP contribution is 2.21. The van der Waals surface area contributed by atoms with E-state index in [0.717, 1.165) is 0 Å². The molecule has 2 N–H and O–H groups in total. The lowest BCUT2D eigenvalue weighted by atomic mass is 10.2. The number of benzene rings is 1. The molecule has 28 heavy (non-hydrogen) atoms. The smallest absolute Gasteiger partial charge is 0.243 e. The number of rotatable bonds is 9. The summed E-state index contributed by atoms with van der Waals surface area (Å²) in [4.78, 5) is 14.3. The Hall–Kier alpha value is -0.940. The van der Waals surface area contributed by atoms with Gasteiger partial charge in [0.15, 0.2) is 0 Å². The zero-order chi connectivity index (χ0) is 19.0. The second kappa shape index (κ2) is 13.3. The van der Waals surface area contributed by atoms with E-state index in [1.807, 2.05) is 7.05 Å². The fourth-order valence-corrected chi connectivity index (χ4v) is 4.35. The van der Waals surface area contributed by atoms with Crippen LogP contribution in [0.15, 0.2) is 29.2 Å². The second-order valence-electron chi connectivity index (χ2n) is 6.26. The molecule has 1 fully saturated rings. The van der Waals surface area contributed by atoms with Gasteiger partial charge < -0.3 is 20.3 Å². The molecule has 1 aromatic rings. The molecule has 1 aromatic carbocycles. The second-order valence-corrected chi connectivity index (χ2v) is 8.17. The number of sulfonamides is 1. The van der Waals surface area contributed by atoms with Gasteiger partial charge in [-0.1, -0.05) is 18.2 Å². The number of hydrogen-bond donors (Lipinski definition) is 2. The van der Waals surface area contributed by atoms with Gasteiger partial charge in [0.1, 0.15) is 0 Å². The molecular weight excluding hydrogens is 427 g/mol. The third-order valence-electron chi connectivity index (χ3n) is 4.30. The largest absolute Gasteiger partial charge is 0.383 e. The van der Waals surface area contributed by atoms with E-state index in [4.69, 9.17) is 4.74 Å². The summed E-state index contributed by atoms with van der Waals surface area (Å²) in [5.41, 5.74) is 0.594. The van der Waals surface area contributed by atoms with Gasteiger partial charge in [0, 0.05) is 46.4 Å². The molecule has 0 saturated carbocycles. The van der Waals surface area contributed by atoms with Crippen LogP contribution in [0.4, 0.5) is 0 Å². The first-order chi connectivity index (χ1) is 12.4. The molecule has 1 saturated heterocycles.